The van der Waals surface area contributed by atoms with Crippen LogP contribution in [0.25, 0.3) is 6.08 Å². The molecule has 0 heterocycles. The number of carbonyl (C=O) groups is 1. The van der Waals surface area contributed by atoms with E-state index in [0.29, 0.717) is 23.7 Å². The topological polar surface area (TPSA) is 46.5 Å². The maximum Gasteiger partial charge on any atom is 0.328 e. The lowest BCUT2D eigenvalue weighted by Crippen LogP contribution is -2.13. The van der Waals surface area contributed by atoms with E-state index in [0.717, 1.165) is 6.08 Å². The molecule has 1 saturated carbocycles. The Kier molecular flexibility index (Phi) is 5.93. The lowest BCUT2D eigenvalue weighted by atomic mass is 9.90. The molecule has 0 spiro atoms. The third kappa shape index (κ3) is 5.31. The predicted octanol–water partition coefficient (Wildman–Crippen LogP) is 4.02. The van der Waals surface area contributed by atoms with E-state index in [1.54, 1.807) is 12.1 Å². The van der Waals surface area contributed by atoms with E-state index in [1.807, 2.05) is 0 Å². The Morgan fingerprint density at radius 3 is 2.76 bits per heavy atom. The maximum absolute atomic E-state index is 13.9. The quantitative estimate of drug-likeness (QED) is 0.805. The Morgan fingerprint density at radius 1 is 1.33 bits per heavy atom. The molecule has 0 aliphatic heterocycles. The molecule has 0 aromatic heterocycles. The molecule has 1 N–H and O–H groups in total. The second-order valence-corrected chi connectivity index (χ2v) is 5.54. The van der Waals surface area contributed by atoms with Crippen molar-refractivity contribution in [2.75, 3.05) is 6.61 Å². The van der Waals surface area contributed by atoms with E-state index in [-0.39, 0.29) is 12.4 Å². The van der Waals surface area contributed by atoms with Gasteiger partial charge >= 0.3 is 5.97 Å². The summed E-state index contributed by atoms with van der Waals surface area (Å²) in [6.07, 6.45) is 8.64. The molecule has 1 aromatic rings. The van der Waals surface area contributed by atoms with Gasteiger partial charge in [-0.1, -0.05) is 31.4 Å². The van der Waals surface area contributed by atoms with Crippen LogP contribution in [-0.2, 0) is 16.1 Å². The summed E-state index contributed by atoms with van der Waals surface area (Å²) in [4.78, 5) is 10.4. The fourth-order valence-corrected chi connectivity index (χ4v) is 2.64. The van der Waals surface area contributed by atoms with Crippen LogP contribution in [0.3, 0.4) is 0 Å². The van der Waals surface area contributed by atoms with Crippen LogP contribution in [0.4, 0.5) is 4.39 Å². The lowest BCUT2D eigenvalue weighted by Gasteiger charge is -2.21. The predicted molar refractivity (Wildman–Crippen MR) is 79.3 cm³/mol. The van der Waals surface area contributed by atoms with Gasteiger partial charge in [-0.3, -0.25) is 0 Å². The molecule has 3 nitrogen and oxygen atoms in total. The van der Waals surface area contributed by atoms with Crippen LogP contribution in [0.2, 0.25) is 0 Å². The van der Waals surface area contributed by atoms with Gasteiger partial charge in [-0.2, -0.15) is 0 Å². The van der Waals surface area contributed by atoms with Crippen molar-refractivity contribution in [2.45, 2.75) is 38.7 Å². The maximum atomic E-state index is 13.9. The number of rotatable bonds is 6. The van der Waals surface area contributed by atoms with Crippen molar-refractivity contribution in [1.82, 2.24) is 0 Å². The van der Waals surface area contributed by atoms with Crippen molar-refractivity contribution in [3.63, 3.8) is 0 Å². The largest absolute Gasteiger partial charge is 0.478 e. The molecule has 1 fully saturated rings. The molecule has 0 unspecified atom stereocenters. The van der Waals surface area contributed by atoms with Gasteiger partial charge < -0.3 is 9.84 Å². The van der Waals surface area contributed by atoms with E-state index in [9.17, 15) is 9.18 Å². The summed E-state index contributed by atoms with van der Waals surface area (Å²) in [5.41, 5.74) is 1.05. The van der Waals surface area contributed by atoms with Gasteiger partial charge in [0.05, 0.1) is 6.61 Å². The van der Waals surface area contributed by atoms with Crippen molar-refractivity contribution in [2.24, 2.45) is 5.92 Å². The third-order valence-electron chi connectivity index (χ3n) is 3.83. The van der Waals surface area contributed by atoms with Crippen molar-refractivity contribution < 1.29 is 19.0 Å². The number of aliphatic carboxylic acids is 1. The van der Waals surface area contributed by atoms with Crippen molar-refractivity contribution in [3.8, 4) is 0 Å². The molecule has 4 heteroatoms. The molecule has 0 amide bonds. The van der Waals surface area contributed by atoms with E-state index in [4.69, 9.17) is 9.84 Å². The molecule has 0 bridgehead atoms. The number of carboxylic acid groups (broad SMARTS) is 1. The van der Waals surface area contributed by atoms with Gasteiger partial charge in [0, 0.05) is 18.2 Å². The van der Waals surface area contributed by atoms with Crippen LogP contribution in [-0.4, -0.2) is 17.7 Å². The summed E-state index contributed by atoms with van der Waals surface area (Å²) >= 11 is 0. The third-order valence-corrected chi connectivity index (χ3v) is 3.83. The first-order valence-corrected chi connectivity index (χ1v) is 7.42. The zero-order valence-corrected chi connectivity index (χ0v) is 12.1. The standard InChI is InChI=1S/C17H21FO3/c18-16-10-13(7-9-17(19)20)6-8-15(16)12-21-11-14-4-2-1-3-5-14/h6-10,14H,1-5,11-12H2,(H,19,20). The fraction of sp³-hybridized carbons (Fsp3) is 0.471. The summed E-state index contributed by atoms with van der Waals surface area (Å²) < 4.78 is 19.5. The summed E-state index contributed by atoms with van der Waals surface area (Å²) in [7, 11) is 0. The van der Waals surface area contributed by atoms with Gasteiger partial charge in [-0.15, -0.1) is 0 Å². The first-order chi connectivity index (χ1) is 10.1. The van der Waals surface area contributed by atoms with Gasteiger partial charge in [0.15, 0.2) is 0 Å². The zero-order valence-electron chi connectivity index (χ0n) is 12.1. The van der Waals surface area contributed by atoms with Crippen molar-refractivity contribution in [1.29, 1.82) is 0 Å². The van der Waals surface area contributed by atoms with Gasteiger partial charge in [-0.25, -0.2) is 9.18 Å². The second kappa shape index (κ2) is 7.93. The Bertz CT molecular complexity index is 505. The Labute approximate surface area is 124 Å². The van der Waals surface area contributed by atoms with Gasteiger partial charge in [0.2, 0.25) is 0 Å². The highest BCUT2D eigenvalue weighted by molar-refractivity contribution is 5.85. The summed E-state index contributed by atoms with van der Waals surface area (Å²) in [5, 5.41) is 8.54. The highest BCUT2D eigenvalue weighted by Gasteiger charge is 2.13. The number of hydrogen-bond donors (Lipinski definition) is 1. The average Bonchev–Trinajstić information content (AvgIpc) is 2.48. The Hall–Kier alpha value is -1.68. The van der Waals surface area contributed by atoms with E-state index in [2.05, 4.69) is 0 Å². The van der Waals surface area contributed by atoms with E-state index < -0.39 is 5.97 Å². The van der Waals surface area contributed by atoms with E-state index >= 15 is 0 Å². The number of carboxylic acids is 1. The monoisotopic (exact) mass is 292 g/mol. The average molecular weight is 292 g/mol. The highest BCUT2D eigenvalue weighted by Crippen LogP contribution is 2.24. The normalized spacial score (nSPS) is 16.4. The molecule has 1 aliphatic carbocycles. The summed E-state index contributed by atoms with van der Waals surface area (Å²) in [5.74, 6) is -0.791. The van der Waals surface area contributed by atoms with Gasteiger partial charge in [0.25, 0.3) is 0 Å². The van der Waals surface area contributed by atoms with Crippen LogP contribution in [0.15, 0.2) is 24.3 Å². The molecule has 2 rings (SSSR count). The Balaban J connectivity index is 1.84. The van der Waals surface area contributed by atoms with Crippen molar-refractivity contribution in [3.05, 3.63) is 41.2 Å². The molecule has 21 heavy (non-hydrogen) atoms. The van der Waals surface area contributed by atoms with Crippen LogP contribution in [0.5, 0.6) is 0 Å². The van der Waals surface area contributed by atoms with Gasteiger partial charge in [-0.05, 0) is 36.5 Å². The molecule has 0 atom stereocenters. The highest BCUT2D eigenvalue weighted by atomic mass is 19.1. The number of hydrogen-bond acceptors (Lipinski definition) is 2. The van der Waals surface area contributed by atoms with Crippen LogP contribution in [0, 0.1) is 11.7 Å². The summed E-state index contributed by atoms with van der Waals surface area (Å²) in [6, 6.07) is 4.68. The molecular weight excluding hydrogens is 271 g/mol. The first kappa shape index (κ1) is 15.7. The first-order valence-electron chi connectivity index (χ1n) is 7.42. The van der Waals surface area contributed by atoms with E-state index in [1.165, 1.54) is 44.2 Å². The van der Waals surface area contributed by atoms with Crippen LogP contribution in [0.1, 0.15) is 43.2 Å². The number of ether oxygens (including phenoxy) is 1. The number of halogens is 1. The fourth-order valence-electron chi connectivity index (χ4n) is 2.64. The molecule has 1 aliphatic rings. The molecule has 0 saturated heterocycles. The smallest absolute Gasteiger partial charge is 0.328 e. The minimum absolute atomic E-state index is 0.269. The minimum Gasteiger partial charge on any atom is -0.478 e. The SMILES string of the molecule is O=C(O)C=Cc1ccc(COCC2CCCCC2)c(F)c1. The minimum atomic E-state index is -1.05. The number of benzene rings is 1. The molecule has 0 radical (unpaired) electrons. The van der Waals surface area contributed by atoms with Crippen molar-refractivity contribution >= 4 is 12.0 Å². The Morgan fingerprint density at radius 2 is 2.10 bits per heavy atom. The summed E-state index contributed by atoms with van der Waals surface area (Å²) in [6.45, 7) is 0.964. The molecule has 114 valence electrons. The van der Waals surface area contributed by atoms with Gasteiger partial charge in [0.1, 0.15) is 5.82 Å². The second-order valence-electron chi connectivity index (χ2n) is 5.54. The lowest BCUT2D eigenvalue weighted by molar-refractivity contribution is -0.131. The van der Waals surface area contributed by atoms with Crippen LogP contribution >= 0.6 is 0 Å². The zero-order chi connectivity index (χ0) is 15.1. The molecule has 1 aromatic carbocycles. The van der Waals surface area contributed by atoms with Crippen LogP contribution < -0.4 is 0 Å². The molecular formula is C17H21FO3.